The lowest BCUT2D eigenvalue weighted by molar-refractivity contribution is 0.306. The Hall–Kier alpha value is -3.70. The maximum absolute atomic E-state index is 6.13. The average Bonchev–Trinajstić information content (AvgIpc) is 2.83. The van der Waals surface area contributed by atoms with Crippen LogP contribution in [-0.2, 0) is 13.2 Å². The van der Waals surface area contributed by atoms with E-state index in [2.05, 4.69) is 34.0 Å². The van der Waals surface area contributed by atoms with Gasteiger partial charge in [0, 0.05) is 12.1 Å². The topological polar surface area (TPSA) is 45.7 Å². The van der Waals surface area contributed by atoms with E-state index in [1.165, 1.54) is 0 Å². The maximum atomic E-state index is 6.13. The van der Waals surface area contributed by atoms with Gasteiger partial charge in [0.2, 0.25) is 0 Å². The molecule has 2 N–H and O–H groups in total. The number of benzene rings is 4. The van der Waals surface area contributed by atoms with Crippen LogP contribution >= 0.6 is 12.2 Å². The van der Waals surface area contributed by atoms with Crippen LogP contribution < -0.4 is 15.5 Å². The van der Waals surface area contributed by atoms with E-state index in [4.69, 9.17) is 17.0 Å². The fraction of sp³-hybridized carbons (Fsp3) is 0.0769. The smallest absolute Gasteiger partial charge is 0.187 e. The third-order valence-corrected chi connectivity index (χ3v) is 5.06. The van der Waals surface area contributed by atoms with E-state index in [-0.39, 0.29) is 0 Å². The third kappa shape index (κ3) is 5.68. The van der Waals surface area contributed by atoms with Gasteiger partial charge in [-0.3, -0.25) is 5.43 Å². The lowest BCUT2D eigenvalue weighted by atomic mass is 10.0. The molecule has 0 spiro atoms. The Bertz CT molecular complexity index is 1180. The molecule has 0 heterocycles. The Balaban J connectivity index is 1.47. The van der Waals surface area contributed by atoms with Crippen molar-refractivity contribution in [1.82, 2.24) is 10.7 Å². The number of nitrogens with one attached hydrogen (secondary N) is 2. The highest BCUT2D eigenvalue weighted by Crippen LogP contribution is 2.27. The molecule has 4 aromatic carbocycles. The predicted molar refractivity (Wildman–Crippen MR) is 131 cm³/mol. The van der Waals surface area contributed by atoms with E-state index < -0.39 is 0 Å². The maximum Gasteiger partial charge on any atom is 0.187 e. The number of rotatable bonds is 7. The number of fused-ring (bicyclic) bond motifs is 1. The Labute approximate surface area is 187 Å². The van der Waals surface area contributed by atoms with Gasteiger partial charge in [0.15, 0.2) is 5.11 Å². The molecule has 0 saturated heterocycles. The fourth-order valence-electron chi connectivity index (χ4n) is 3.24. The molecule has 4 rings (SSSR count). The summed E-state index contributed by atoms with van der Waals surface area (Å²) >= 11 is 5.35. The Morgan fingerprint density at radius 1 is 0.806 bits per heavy atom. The molecule has 0 fully saturated rings. The normalized spacial score (nSPS) is 10.8. The number of thiocarbonyl (C=S) groups is 1. The third-order valence-electron chi connectivity index (χ3n) is 4.82. The zero-order valence-electron chi connectivity index (χ0n) is 17.0. The molecule has 0 saturated carbocycles. The molecule has 0 aliphatic carbocycles. The highest BCUT2D eigenvalue weighted by atomic mass is 32.1. The number of ether oxygens (including phenoxy) is 1. The molecule has 0 radical (unpaired) electrons. The molecule has 5 heteroatoms. The standard InChI is InChI=1S/C26H23N3OS/c31-26(27-17-20-9-3-1-4-10-20)29-28-18-24-23-14-8-7-13-22(23)15-16-25(24)30-19-21-11-5-2-6-12-21/h1-16,18H,17,19H2,(H2,27,29,31)/b28-18+. The lowest BCUT2D eigenvalue weighted by Gasteiger charge is -2.12. The minimum atomic E-state index is 0.465. The van der Waals surface area contributed by atoms with Crippen LogP contribution in [0, 0.1) is 0 Å². The van der Waals surface area contributed by atoms with Gasteiger partial charge in [-0.1, -0.05) is 91.0 Å². The van der Waals surface area contributed by atoms with Crippen molar-refractivity contribution in [3.8, 4) is 5.75 Å². The molecule has 0 amide bonds. The second-order valence-electron chi connectivity index (χ2n) is 7.01. The van der Waals surface area contributed by atoms with E-state index in [9.17, 15) is 0 Å². The first-order valence-electron chi connectivity index (χ1n) is 10.1. The van der Waals surface area contributed by atoms with Gasteiger partial charge in [0.05, 0.1) is 6.21 Å². The minimum absolute atomic E-state index is 0.465. The van der Waals surface area contributed by atoms with Gasteiger partial charge in [0.25, 0.3) is 0 Å². The van der Waals surface area contributed by atoms with Crippen LogP contribution in [0.15, 0.2) is 102 Å². The number of hydrogen-bond donors (Lipinski definition) is 2. The molecule has 154 valence electrons. The summed E-state index contributed by atoms with van der Waals surface area (Å²) in [7, 11) is 0. The molecule has 0 bridgehead atoms. The van der Waals surface area contributed by atoms with Crippen molar-refractivity contribution in [3.63, 3.8) is 0 Å². The lowest BCUT2D eigenvalue weighted by Crippen LogP contribution is -2.31. The van der Waals surface area contributed by atoms with Crippen molar-refractivity contribution < 1.29 is 4.74 Å². The van der Waals surface area contributed by atoms with Gasteiger partial charge in [0.1, 0.15) is 12.4 Å². The number of hydrazone groups is 1. The molecule has 0 aliphatic heterocycles. The van der Waals surface area contributed by atoms with E-state index in [1.54, 1.807) is 6.21 Å². The molecule has 0 atom stereocenters. The van der Waals surface area contributed by atoms with Crippen LogP contribution in [0.4, 0.5) is 0 Å². The van der Waals surface area contributed by atoms with E-state index in [0.717, 1.165) is 33.2 Å². The van der Waals surface area contributed by atoms with Crippen LogP contribution in [0.25, 0.3) is 10.8 Å². The highest BCUT2D eigenvalue weighted by molar-refractivity contribution is 7.80. The van der Waals surface area contributed by atoms with E-state index in [1.807, 2.05) is 78.9 Å². The second kappa shape index (κ2) is 10.4. The molecule has 0 unspecified atom stereocenters. The van der Waals surface area contributed by atoms with Crippen molar-refractivity contribution in [1.29, 1.82) is 0 Å². The van der Waals surface area contributed by atoms with E-state index in [0.29, 0.717) is 18.3 Å². The first-order valence-corrected chi connectivity index (χ1v) is 10.5. The van der Waals surface area contributed by atoms with Gasteiger partial charge in [-0.05, 0) is 40.2 Å². The summed E-state index contributed by atoms with van der Waals surface area (Å²) in [6.07, 6.45) is 1.76. The summed E-state index contributed by atoms with van der Waals surface area (Å²) in [6.45, 7) is 1.13. The largest absolute Gasteiger partial charge is 0.488 e. The monoisotopic (exact) mass is 425 g/mol. The summed E-state index contributed by atoms with van der Waals surface area (Å²) in [5.74, 6) is 0.774. The number of hydrogen-bond acceptors (Lipinski definition) is 3. The Morgan fingerprint density at radius 3 is 2.26 bits per heavy atom. The SMILES string of the molecule is S=C(NCc1ccccc1)N/N=C/c1c(OCc2ccccc2)ccc2ccccc12. The van der Waals surface area contributed by atoms with Crippen LogP contribution in [0.5, 0.6) is 5.75 Å². The summed E-state index contributed by atoms with van der Waals surface area (Å²) in [5, 5.41) is 10.2. The Morgan fingerprint density at radius 2 is 1.48 bits per heavy atom. The summed E-state index contributed by atoms with van der Waals surface area (Å²) in [5.41, 5.74) is 6.08. The predicted octanol–water partition coefficient (Wildman–Crippen LogP) is 5.42. The quantitative estimate of drug-likeness (QED) is 0.236. The van der Waals surface area contributed by atoms with E-state index >= 15 is 0 Å². The van der Waals surface area contributed by atoms with Crippen LogP contribution in [0.2, 0.25) is 0 Å². The van der Waals surface area contributed by atoms with Crippen LogP contribution in [0.1, 0.15) is 16.7 Å². The van der Waals surface area contributed by atoms with Gasteiger partial charge in [-0.15, -0.1) is 0 Å². The Kier molecular flexibility index (Phi) is 6.88. The zero-order chi connectivity index (χ0) is 21.3. The van der Waals surface area contributed by atoms with Gasteiger partial charge in [-0.2, -0.15) is 5.10 Å². The molecule has 31 heavy (non-hydrogen) atoms. The van der Waals surface area contributed by atoms with Crippen molar-refractivity contribution in [2.75, 3.05) is 0 Å². The molecular formula is C26H23N3OS. The first kappa shape index (κ1) is 20.6. The molecule has 0 aromatic heterocycles. The average molecular weight is 426 g/mol. The first-order chi connectivity index (χ1) is 15.3. The second-order valence-corrected chi connectivity index (χ2v) is 7.42. The van der Waals surface area contributed by atoms with Crippen molar-refractivity contribution >= 4 is 34.3 Å². The molecule has 4 nitrogen and oxygen atoms in total. The van der Waals surface area contributed by atoms with Gasteiger partial charge in [-0.25, -0.2) is 0 Å². The van der Waals surface area contributed by atoms with Crippen molar-refractivity contribution in [2.24, 2.45) is 5.10 Å². The summed E-state index contributed by atoms with van der Waals surface area (Å²) in [4.78, 5) is 0. The van der Waals surface area contributed by atoms with Crippen molar-refractivity contribution in [2.45, 2.75) is 13.2 Å². The summed E-state index contributed by atoms with van der Waals surface area (Å²) < 4.78 is 6.13. The van der Waals surface area contributed by atoms with Crippen LogP contribution in [-0.4, -0.2) is 11.3 Å². The fourth-order valence-corrected chi connectivity index (χ4v) is 3.37. The highest BCUT2D eigenvalue weighted by Gasteiger charge is 2.08. The molecule has 4 aromatic rings. The number of nitrogens with zero attached hydrogens (tertiary/aromatic N) is 1. The van der Waals surface area contributed by atoms with Crippen LogP contribution in [0.3, 0.4) is 0 Å². The van der Waals surface area contributed by atoms with Gasteiger partial charge >= 0.3 is 0 Å². The molecule has 0 aliphatic rings. The molecular weight excluding hydrogens is 402 g/mol. The van der Waals surface area contributed by atoms with Crippen molar-refractivity contribution in [3.05, 3.63) is 114 Å². The minimum Gasteiger partial charge on any atom is -0.488 e. The van der Waals surface area contributed by atoms with Gasteiger partial charge < -0.3 is 10.1 Å². The summed E-state index contributed by atoms with van der Waals surface area (Å²) in [6, 6.07) is 32.4. The zero-order valence-corrected chi connectivity index (χ0v) is 17.8.